The minimum absolute atomic E-state index is 0.0183. The maximum Gasteiger partial charge on any atom is 0.214 e. The highest BCUT2D eigenvalue weighted by atomic mass is 35.5. The number of Topliss-reactive ketones (excluding diaryl/α,β-unsaturated/α-hetero) is 1. The van der Waals surface area contributed by atoms with Crippen molar-refractivity contribution in [2.24, 2.45) is 23.5 Å². The van der Waals surface area contributed by atoms with Crippen molar-refractivity contribution < 1.29 is 17.9 Å². The van der Waals surface area contributed by atoms with E-state index in [1.54, 1.807) is 4.31 Å². The van der Waals surface area contributed by atoms with E-state index >= 15 is 0 Å². The Morgan fingerprint density at radius 2 is 1.88 bits per heavy atom. The lowest BCUT2D eigenvalue weighted by atomic mass is 9.71. The topological polar surface area (TPSA) is 102 Å². The lowest BCUT2D eigenvalue weighted by Gasteiger charge is -2.41. The van der Waals surface area contributed by atoms with Gasteiger partial charge in [-0.25, -0.2) is 8.42 Å². The molecule has 0 radical (unpaired) electrons. The molecule has 9 heteroatoms. The van der Waals surface area contributed by atoms with E-state index in [1.165, 1.54) is 0 Å². The Kier molecular flexibility index (Phi) is 9.65. The van der Waals surface area contributed by atoms with Gasteiger partial charge in [0.05, 0.1) is 17.4 Å². The van der Waals surface area contributed by atoms with Crippen molar-refractivity contribution >= 4 is 27.4 Å². The second-order valence-electron chi connectivity index (χ2n) is 13.4. The molecule has 3 aliphatic heterocycles. The number of piperazine rings is 1. The predicted octanol–water partition coefficient (Wildman–Crippen LogP) is 4.88. The van der Waals surface area contributed by atoms with Gasteiger partial charge < -0.3 is 15.8 Å². The number of benzene rings is 1. The number of halogens is 1. The fourth-order valence-corrected chi connectivity index (χ4v) is 9.98. The Hall–Kier alpha value is -1.03. The average molecular weight is 594 g/mol. The summed E-state index contributed by atoms with van der Waals surface area (Å²) in [4.78, 5) is 13.8. The van der Waals surface area contributed by atoms with Crippen LogP contribution >= 0.6 is 11.6 Å². The molecule has 1 saturated carbocycles. The molecular weight excluding hydrogens is 546 g/mol. The van der Waals surface area contributed by atoms with Crippen molar-refractivity contribution in [3.63, 3.8) is 0 Å². The minimum atomic E-state index is -3.18. The van der Waals surface area contributed by atoms with Crippen molar-refractivity contribution in [3.8, 4) is 0 Å². The van der Waals surface area contributed by atoms with Gasteiger partial charge >= 0.3 is 0 Å². The van der Waals surface area contributed by atoms with Crippen LogP contribution in [0.1, 0.15) is 89.5 Å². The van der Waals surface area contributed by atoms with Crippen molar-refractivity contribution in [2.45, 2.75) is 108 Å². The Morgan fingerprint density at radius 1 is 1.12 bits per heavy atom. The van der Waals surface area contributed by atoms with Crippen LogP contribution < -0.4 is 11.1 Å². The van der Waals surface area contributed by atoms with Gasteiger partial charge in [-0.05, 0) is 94.2 Å². The SMILES string of the molecule is CC1(C)CC([C@H](c2ccc(Cl)cc2)[C@H](N)C(=O)C[C@H]2CCC[C@@H]2CC[C@H]2CN[C@@H]3CCCS(=O)(=O)N2C3)CCO1. The lowest BCUT2D eigenvalue weighted by Crippen LogP contribution is -2.57. The molecule has 40 heavy (non-hydrogen) atoms. The number of fused-ring (bicyclic) bond motifs is 2. The van der Waals surface area contributed by atoms with Gasteiger partial charge in [-0.3, -0.25) is 4.79 Å². The Balaban J connectivity index is 1.24. The lowest BCUT2D eigenvalue weighted by molar-refractivity contribution is -0.123. The van der Waals surface area contributed by atoms with Gasteiger partial charge in [-0.15, -0.1) is 0 Å². The summed E-state index contributed by atoms with van der Waals surface area (Å²) in [5, 5.41) is 4.27. The van der Waals surface area contributed by atoms with Gasteiger partial charge in [0.25, 0.3) is 0 Å². The quantitative estimate of drug-likeness (QED) is 0.423. The molecule has 3 saturated heterocycles. The summed E-state index contributed by atoms with van der Waals surface area (Å²) in [6.45, 7) is 6.25. The van der Waals surface area contributed by atoms with Crippen LogP contribution in [0, 0.1) is 17.8 Å². The third-order valence-electron chi connectivity index (χ3n) is 10.2. The Labute approximate surface area is 246 Å². The van der Waals surface area contributed by atoms with Crippen LogP contribution in [0.3, 0.4) is 0 Å². The Bertz CT molecular complexity index is 1130. The van der Waals surface area contributed by atoms with E-state index in [2.05, 4.69) is 19.2 Å². The molecule has 3 heterocycles. The number of ether oxygens (including phenoxy) is 1. The standard InChI is InChI=1S/C31H48ClN3O4S/c1-31(2)18-24(14-15-39-31)29(22-8-11-25(32)12-9-22)30(33)28(36)17-23-6-3-5-21(23)10-13-27-19-34-26-7-4-16-40(37,38)35(27)20-26/h8-9,11-12,21,23-24,26-27,29-30,34H,3-7,10,13-20,33H2,1-2H3/t21-,23-,24?,26-,27+,29+,30-/m1/s1. The second kappa shape index (κ2) is 12.7. The molecule has 1 aromatic carbocycles. The van der Waals surface area contributed by atoms with Gasteiger partial charge in [-0.1, -0.05) is 36.6 Å². The zero-order chi connectivity index (χ0) is 28.5. The largest absolute Gasteiger partial charge is 0.376 e. The summed E-state index contributed by atoms with van der Waals surface area (Å²) in [5.74, 6) is 1.38. The van der Waals surface area contributed by atoms with E-state index < -0.39 is 16.1 Å². The summed E-state index contributed by atoms with van der Waals surface area (Å²) in [6.07, 6.45) is 9.02. The number of sulfonamides is 1. The van der Waals surface area contributed by atoms with Crippen molar-refractivity contribution in [3.05, 3.63) is 34.9 Å². The first-order valence-corrected chi connectivity index (χ1v) is 17.4. The number of nitrogens with two attached hydrogens (primary N) is 1. The summed E-state index contributed by atoms with van der Waals surface area (Å²) in [6, 6.07) is 7.58. The molecule has 2 bridgehead atoms. The van der Waals surface area contributed by atoms with E-state index in [1.807, 2.05) is 24.3 Å². The Morgan fingerprint density at radius 3 is 2.62 bits per heavy atom. The molecule has 1 aliphatic carbocycles. The van der Waals surface area contributed by atoms with Gasteiger partial charge in [0.2, 0.25) is 10.0 Å². The molecule has 0 amide bonds. The molecule has 7 nitrogen and oxygen atoms in total. The highest BCUT2D eigenvalue weighted by Gasteiger charge is 2.41. The first kappa shape index (κ1) is 30.4. The normalized spacial score (nSPS) is 35.0. The van der Waals surface area contributed by atoms with Crippen LogP contribution in [0.25, 0.3) is 0 Å². The second-order valence-corrected chi connectivity index (χ2v) is 15.9. The number of rotatable bonds is 9. The number of nitrogens with one attached hydrogen (secondary N) is 1. The van der Waals surface area contributed by atoms with Crippen LogP contribution in [-0.2, 0) is 19.6 Å². The average Bonchev–Trinajstić information content (AvgIpc) is 3.30. The maximum absolute atomic E-state index is 13.8. The fraction of sp³-hybridized carbons (Fsp3) is 0.774. The molecule has 4 aliphatic rings. The maximum atomic E-state index is 13.8. The van der Waals surface area contributed by atoms with Crippen molar-refractivity contribution in [1.29, 1.82) is 0 Å². The van der Waals surface area contributed by atoms with E-state index in [-0.39, 0.29) is 41.1 Å². The minimum Gasteiger partial charge on any atom is -0.376 e. The third-order valence-corrected chi connectivity index (χ3v) is 12.4. The van der Waals surface area contributed by atoms with Crippen LogP contribution in [0.5, 0.6) is 0 Å². The van der Waals surface area contributed by atoms with Crippen LogP contribution in [0.15, 0.2) is 24.3 Å². The summed E-state index contributed by atoms with van der Waals surface area (Å²) >= 11 is 6.20. The first-order valence-electron chi connectivity index (χ1n) is 15.4. The zero-order valence-corrected chi connectivity index (χ0v) is 25.8. The molecular formula is C31H48ClN3O4S. The molecule has 1 aromatic rings. The molecule has 0 aromatic heterocycles. The van der Waals surface area contributed by atoms with Gasteiger partial charge in [0, 0.05) is 49.1 Å². The fourth-order valence-electron chi connectivity index (χ4n) is 8.05. The molecule has 0 spiro atoms. The summed E-state index contributed by atoms with van der Waals surface area (Å²) in [5.41, 5.74) is 7.71. The number of carbonyl (C=O) groups excluding carboxylic acids is 1. The van der Waals surface area contributed by atoms with Gasteiger partial charge in [-0.2, -0.15) is 4.31 Å². The summed E-state index contributed by atoms with van der Waals surface area (Å²) in [7, 11) is -3.18. The number of hydrogen-bond donors (Lipinski definition) is 2. The monoisotopic (exact) mass is 593 g/mol. The van der Waals surface area contributed by atoms with E-state index in [0.717, 1.165) is 69.9 Å². The van der Waals surface area contributed by atoms with E-state index in [9.17, 15) is 13.2 Å². The van der Waals surface area contributed by atoms with Gasteiger partial charge in [0.15, 0.2) is 0 Å². The predicted molar refractivity (Wildman–Crippen MR) is 160 cm³/mol. The first-order chi connectivity index (χ1) is 19.0. The molecule has 224 valence electrons. The molecule has 8 atom stereocenters. The molecule has 2 unspecified atom stereocenters. The van der Waals surface area contributed by atoms with Gasteiger partial charge in [0.1, 0.15) is 5.78 Å². The van der Waals surface area contributed by atoms with Crippen LogP contribution in [0.2, 0.25) is 5.02 Å². The van der Waals surface area contributed by atoms with E-state index in [4.69, 9.17) is 22.1 Å². The number of ketones is 1. The molecule has 3 N–H and O–H groups in total. The van der Waals surface area contributed by atoms with Crippen LogP contribution in [-0.4, -0.2) is 67.7 Å². The third kappa shape index (κ3) is 7.12. The van der Waals surface area contributed by atoms with Crippen LogP contribution in [0.4, 0.5) is 0 Å². The number of hydrogen-bond acceptors (Lipinski definition) is 6. The smallest absolute Gasteiger partial charge is 0.214 e. The van der Waals surface area contributed by atoms with Crippen molar-refractivity contribution in [1.82, 2.24) is 9.62 Å². The zero-order valence-electron chi connectivity index (χ0n) is 24.2. The van der Waals surface area contributed by atoms with E-state index in [0.29, 0.717) is 36.4 Å². The number of nitrogens with zero attached hydrogens (tertiary/aromatic N) is 1. The highest BCUT2D eigenvalue weighted by Crippen LogP contribution is 2.42. The molecule has 4 fully saturated rings. The highest BCUT2D eigenvalue weighted by molar-refractivity contribution is 7.89. The molecule has 5 rings (SSSR count). The summed E-state index contributed by atoms with van der Waals surface area (Å²) < 4.78 is 33.6. The van der Waals surface area contributed by atoms with Crippen molar-refractivity contribution in [2.75, 3.05) is 25.4 Å². The number of carbonyl (C=O) groups is 1.